The molecule has 5 nitrogen and oxygen atoms in total. The number of fused-ring (bicyclic) bond motifs is 1. The Bertz CT molecular complexity index is 844. The molecule has 1 saturated carbocycles. The molecule has 1 unspecified atom stereocenters. The molecule has 0 radical (unpaired) electrons. The third-order valence-corrected chi connectivity index (χ3v) is 5.72. The van der Waals surface area contributed by atoms with Crippen LogP contribution < -0.4 is 4.74 Å². The van der Waals surface area contributed by atoms with Crippen LogP contribution >= 0.6 is 11.3 Å². The van der Waals surface area contributed by atoms with Crippen molar-refractivity contribution in [3.63, 3.8) is 0 Å². The third kappa shape index (κ3) is 4.84. The average molecular weight is 385 g/mol. The molecule has 1 heterocycles. The van der Waals surface area contributed by atoms with Gasteiger partial charge in [0.2, 0.25) is 0 Å². The average Bonchev–Trinajstić information content (AvgIpc) is 3.45. The Hall–Kier alpha value is -1.99. The molecule has 0 saturated heterocycles. The van der Waals surface area contributed by atoms with E-state index >= 15 is 0 Å². The lowest BCUT2D eigenvalue weighted by Crippen LogP contribution is -2.37. The molecule has 0 amide bonds. The van der Waals surface area contributed by atoms with Crippen LogP contribution in [0, 0.1) is 0 Å². The highest BCUT2D eigenvalue weighted by molar-refractivity contribution is 7.20. The first-order chi connectivity index (χ1) is 13.2. The molecule has 4 rings (SSSR count). The number of nitrogens with zero attached hydrogens (tertiary/aromatic N) is 2. The van der Waals surface area contributed by atoms with E-state index in [9.17, 15) is 5.11 Å². The summed E-state index contributed by atoms with van der Waals surface area (Å²) in [5.41, 5.74) is 2.19. The van der Waals surface area contributed by atoms with Gasteiger partial charge < -0.3 is 14.9 Å². The van der Waals surface area contributed by atoms with Crippen LogP contribution in [0.2, 0.25) is 0 Å². The fraction of sp³-hybridized carbons (Fsp3) is 0.381. The molecule has 142 valence electrons. The van der Waals surface area contributed by atoms with Gasteiger partial charge in [0.1, 0.15) is 5.75 Å². The molecule has 0 spiro atoms. The third-order valence-electron chi connectivity index (χ3n) is 4.81. The van der Waals surface area contributed by atoms with E-state index in [1.165, 1.54) is 18.4 Å². The number of ether oxygens (including phenoxy) is 1. The van der Waals surface area contributed by atoms with E-state index in [0.717, 1.165) is 28.9 Å². The Morgan fingerprint density at radius 3 is 2.63 bits per heavy atom. The maximum absolute atomic E-state index is 9.72. The van der Waals surface area contributed by atoms with Gasteiger partial charge in [0.05, 0.1) is 22.9 Å². The van der Waals surface area contributed by atoms with Gasteiger partial charge in [-0.3, -0.25) is 4.90 Å². The molecular weight excluding hydrogens is 360 g/mol. The fourth-order valence-corrected chi connectivity index (χ4v) is 4.02. The van der Waals surface area contributed by atoms with Gasteiger partial charge in [-0.25, -0.2) is 4.98 Å². The highest BCUT2D eigenvalue weighted by atomic mass is 32.1. The van der Waals surface area contributed by atoms with E-state index in [-0.39, 0.29) is 6.61 Å². The number of para-hydroxylation sites is 1. The molecule has 1 aliphatic rings. The SMILES string of the molecule is OCC(O)CN(CCc1ccc(Oc2nc3ccccc3s2)cc1)C1CC1. The van der Waals surface area contributed by atoms with Gasteiger partial charge in [0.25, 0.3) is 5.19 Å². The summed E-state index contributed by atoms with van der Waals surface area (Å²) in [6, 6.07) is 16.7. The minimum atomic E-state index is -0.657. The lowest BCUT2D eigenvalue weighted by molar-refractivity contribution is 0.0569. The van der Waals surface area contributed by atoms with Crippen molar-refractivity contribution in [2.24, 2.45) is 0 Å². The largest absolute Gasteiger partial charge is 0.431 e. The quantitative estimate of drug-likeness (QED) is 0.592. The second-order valence-electron chi connectivity index (χ2n) is 7.01. The smallest absolute Gasteiger partial charge is 0.279 e. The minimum Gasteiger partial charge on any atom is -0.431 e. The maximum Gasteiger partial charge on any atom is 0.279 e. The highest BCUT2D eigenvalue weighted by Gasteiger charge is 2.29. The fourth-order valence-electron chi connectivity index (χ4n) is 3.18. The van der Waals surface area contributed by atoms with Crippen molar-refractivity contribution < 1.29 is 14.9 Å². The molecule has 27 heavy (non-hydrogen) atoms. The number of benzene rings is 2. The molecule has 6 heteroatoms. The normalized spacial score (nSPS) is 15.4. The number of hydrogen-bond donors (Lipinski definition) is 2. The first kappa shape index (κ1) is 18.4. The van der Waals surface area contributed by atoms with Crippen LogP contribution in [0.4, 0.5) is 0 Å². The predicted octanol–water partition coefficient (Wildman–Crippen LogP) is 3.45. The summed E-state index contributed by atoms with van der Waals surface area (Å²) < 4.78 is 7.02. The summed E-state index contributed by atoms with van der Waals surface area (Å²) in [5, 5.41) is 19.4. The molecule has 2 N–H and O–H groups in total. The summed E-state index contributed by atoms with van der Waals surface area (Å²) in [6.45, 7) is 1.25. The standard InChI is InChI=1S/C21H24N2O3S/c24-14-17(25)13-23(16-7-8-16)12-11-15-5-9-18(10-6-15)26-21-22-19-3-1-2-4-20(19)27-21/h1-6,9-10,16-17,24-25H,7-8,11-14H2. The monoisotopic (exact) mass is 384 g/mol. The number of aliphatic hydroxyl groups excluding tert-OH is 2. The van der Waals surface area contributed by atoms with Crippen molar-refractivity contribution in [3.8, 4) is 10.9 Å². The van der Waals surface area contributed by atoms with Crippen molar-refractivity contribution in [1.82, 2.24) is 9.88 Å². The van der Waals surface area contributed by atoms with Crippen LogP contribution in [0.3, 0.4) is 0 Å². The molecule has 1 fully saturated rings. The molecule has 3 aromatic rings. The molecule has 1 atom stereocenters. The maximum atomic E-state index is 9.72. The van der Waals surface area contributed by atoms with Gasteiger partial charge in [0, 0.05) is 19.1 Å². The molecular formula is C21H24N2O3S. The Morgan fingerprint density at radius 2 is 1.93 bits per heavy atom. The molecule has 1 aromatic heterocycles. The van der Waals surface area contributed by atoms with Crippen molar-refractivity contribution in [2.45, 2.75) is 31.4 Å². The Balaban J connectivity index is 1.34. The Labute approximate surface area is 162 Å². The zero-order valence-electron chi connectivity index (χ0n) is 15.1. The summed E-state index contributed by atoms with van der Waals surface area (Å²) in [7, 11) is 0. The van der Waals surface area contributed by atoms with Crippen molar-refractivity contribution >= 4 is 21.6 Å². The minimum absolute atomic E-state index is 0.180. The first-order valence-corrected chi connectivity index (χ1v) is 10.2. The summed E-state index contributed by atoms with van der Waals surface area (Å²) in [4.78, 5) is 6.78. The number of aliphatic hydroxyl groups is 2. The van der Waals surface area contributed by atoms with Gasteiger partial charge in [-0.15, -0.1) is 0 Å². The van der Waals surface area contributed by atoms with Crippen LogP contribution in [-0.4, -0.2) is 51.9 Å². The van der Waals surface area contributed by atoms with E-state index < -0.39 is 6.10 Å². The number of rotatable bonds is 9. The van der Waals surface area contributed by atoms with E-state index in [2.05, 4.69) is 22.0 Å². The van der Waals surface area contributed by atoms with Crippen LogP contribution in [0.15, 0.2) is 48.5 Å². The van der Waals surface area contributed by atoms with Crippen LogP contribution in [0.5, 0.6) is 10.9 Å². The molecule has 0 aliphatic heterocycles. The zero-order valence-corrected chi connectivity index (χ0v) is 15.9. The van der Waals surface area contributed by atoms with E-state index in [0.29, 0.717) is 17.8 Å². The van der Waals surface area contributed by atoms with Crippen LogP contribution in [-0.2, 0) is 6.42 Å². The molecule has 1 aliphatic carbocycles. The zero-order chi connectivity index (χ0) is 18.6. The summed E-state index contributed by atoms with van der Waals surface area (Å²) in [5.74, 6) is 0.785. The number of thiazole rings is 1. The topological polar surface area (TPSA) is 65.8 Å². The van der Waals surface area contributed by atoms with Gasteiger partial charge in [-0.05, 0) is 49.1 Å². The van der Waals surface area contributed by atoms with Crippen LogP contribution in [0.1, 0.15) is 18.4 Å². The van der Waals surface area contributed by atoms with Crippen molar-refractivity contribution in [1.29, 1.82) is 0 Å². The van der Waals surface area contributed by atoms with Crippen molar-refractivity contribution in [2.75, 3.05) is 19.7 Å². The van der Waals surface area contributed by atoms with Gasteiger partial charge in [0.15, 0.2) is 0 Å². The lowest BCUT2D eigenvalue weighted by atomic mass is 10.1. The van der Waals surface area contributed by atoms with E-state index in [1.54, 1.807) is 11.3 Å². The highest BCUT2D eigenvalue weighted by Crippen LogP contribution is 2.31. The molecule has 2 aromatic carbocycles. The summed E-state index contributed by atoms with van der Waals surface area (Å²) >= 11 is 1.54. The second-order valence-corrected chi connectivity index (χ2v) is 8.00. The van der Waals surface area contributed by atoms with Gasteiger partial charge >= 0.3 is 0 Å². The summed E-state index contributed by atoms with van der Waals surface area (Å²) in [6.07, 6.45) is 2.63. The Kier molecular flexibility index (Phi) is 5.69. The number of hydrogen-bond acceptors (Lipinski definition) is 6. The van der Waals surface area contributed by atoms with E-state index in [4.69, 9.17) is 9.84 Å². The van der Waals surface area contributed by atoms with E-state index in [1.807, 2.05) is 36.4 Å². The second kappa shape index (κ2) is 8.35. The number of aromatic nitrogens is 1. The molecule has 0 bridgehead atoms. The predicted molar refractivity (Wildman–Crippen MR) is 108 cm³/mol. The van der Waals surface area contributed by atoms with Gasteiger partial charge in [-0.2, -0.15) is 0 Å². The van der Waals surface area contributed by atoms with Gasteiger partial charge in [-0.1, -0.05) is 35.6 Å². The van der Waals surface area contributed by atoms with Crippen molar-refractivity contribution in [3.05, 3.63) is 54.1 Å². The van der Waals surface area contributed by atoms with Crippen LogP contribution in [0.25, 0.3) is 10.2 Å². The lowest BCUT2D eigenvalue weighted by Gasteiger charge is -2.24. The Morgan fingerprint density at radius 1 is 1.15 bits per heavy atom. The first-order valence-electron chi connectivity index (χ1n) is 9.36.